The number of benzene rings is 2. The first-order valence-electron chi connectivity index (χ1n) is 8.40. The number of imide groups is 1. The quantitative estimate of drug-likeness (QED) is 0.731. The second kappa shape index (κ2) is 7.89. The number of likely N-dealkylation sites (tertiary alicyclic amines) is 1. The Morgan fingerprint density at radius 1 is 1.08 bits per heavy atom. The van der Waals surface area contributed by atoms with Gasteiger partial charge in [-0.1, -0.05) is 35.9 Å². The maximum Gasteiger partial charge on any atom is 0.247 e. The normalized spacial score (nSPS) is 17.2. The minimum Gasteiger partial charge on any atom is -0.497 e. The SMILES string of the molecule is COc1ccc(CN(C)[C@H]2CC(=O)N(Cc3ccc(Cl)cc3)C2=O)cc1. The summed E-state index contributed by atoms with van der Waals surface area (Å²) in [5.74, 6) is 0.496. The van der Waals surface area contributed by atoms with E-state index in [2.05, 4.69) is 0 Å². The summed E-state index contributed by atoms with van der Waals surface area (Å²) in [5.41, 5.74) is 1.94. The van der Waals surface area contributed by atoms with Gasteiger partial charge in [-0.2, -0.15) is 0 Å². The molecule has 26 heavy (non-hydrogen) atoms. The molecule has 1 saturated heterocycles. The van der Waals surface area contributed by atoms with Crippen molar-refractivity contribution in [1.82, 2.24) is 9.80 Å². The van der Waals surface area contributed by atoms with Gasteiger partial charge in [-0.05, 0) is 42.4 Å². The molecule has 0 aromatic heterocycles. The average molecular weight is 373 g/mol. The smallest absolute Gasteiger partial charge is 0.247 e. The van der Waals surface area contributed by atoms with Gasteiger partial charge in [0.15, 0.2) is 0 Å². The zero-order chi connectivity index (χ0) is 18.7. The van der Waals surface area contributed by atoms with Gasteiger partial charge in [0.05, 0.1) is 26.1 Å². The van der Waals surface area contributed by atoms with E-state index >= 15 is 0 Å². The number of hydrogen-bond acceptors (Lipinski definition) is 4. The number of amides is 2. The van der Waals surface area contributed by atoms with Crippen LogP contribution in [0.4, 0.5) is 0 Å². The summed E-state index contributed by atoms with van der Waals surface area (Å²) in [4.78, 5) is 28.3. The van der Waals surface area contributed by atoms with Crippen LogP contribution in [0, 0.1) is 0 Å². The van der Waals surface area contributed by atoms with Crippen LogP contribution in [0.15, 0.2) is 48.5 Å². The lowest BCUT2D eigenvalue weighted by molar-refractivity contribution is -0.140. The van der Waals surface area contributed by atoms with Gasteiger partial charge >= 0.3 is 0 Å². The minimum atomic E-state index is -0.433. The topological polar surface area (TPSA) is 49.9 Å². The molecular formula is C20H21ClN2O3. The number of rotatable bonds is 6. The third-order valence-corrected chi connectivity index (χ3v) is 4.85. The first-order valence-corrected chi connectivity index (χ1v) is 8.77. The highest BCUT2D eigenvalue weighted by Crippen LogP contribution is 2.23. The van der Waals surface area contributed by atoms with Crippen molar-refractivity contribution in [3.8, 4) is 5.75 Å². The highest BCUT2D eigenvalue weighted by atomic mass is 35.5. The fourth-order valence-electron chi connectivity index (χ4n) is 3.08. The molecular weight excluding hydrogens is 352 g/mol. The van der Waals surface area contributed by atoms with Crippen LogP contribution in [0.5, 0.6) is 5.75 Å². The van der Waals surface area contributed by atoms with Crippen molar-refractivity contribution in [2.45, 2.75) is 25.6 Å². The van der Waals surface area contributed by atoms with E-state index in [9.17, 15) is 9.59 Å². The molecule has 6 heteroatoms. The number of carbonyl (C=O) groups is 2. The monoisotopic (exact) mass is 372 g/mol. The fraction of sp³-hybridized carbons (Fsp3) is 0.300. The summed E-state index contributed by atoms with van der Waals surface area (Å²) >= 11 is 5.88. The van der Waals surface area contributed by atoms with E-state index in [1.165, 1.54) is 4.90 Å². The molecule has 1 aliphatic heterocycles. The molecule has 1 heterocycles. The second-order valence-electron chi connectivity index (χ2n) is 6.43. The summed E-state index contributed by atoms with van der Waals surface area (Å²) in [6.07, 6.45) is 0.207. The standard InChI is InChI=1S/C20H21ClN2O3/c1-22(12-14-5-9-17(26-2)10-6-14)18-11-19(24)23(20(18)25)13-15-3-7-16(21)8-4-15/h3-10,18H,11-13H2,1-2H3/t18-/m0/s1. The van der Waals surface area contributed by atoms with Gasteiger partial charge in [0.25, 0.3) is 0 Å². The van der Waals surface area contributed by atoms with Gasteiger partial charge < -0.3 is 4.74 Å². The lowest BCUT2D eigenvalue weighted by Gasteiger charge is -2.23. The molecule has 0 unspecified atom stereocenters. The van der Waals surface area contributed by atoms with Gasteiger partial charge in [-0.25, -0.2) is 0 Å². The van der Waals surface area contributed by atoms with E-state index in [-0.39, 0.29) is 24.8 Å². The van der Waals surface area contributed by atoms with Crippen molar-refractivity contribution in [3.05, 3.63) is 64.7 Å². The van der Waals surface area contributed by atoms with Gasteiger partial charge in [0.1, 0.15) is 5.75 Å². The lowest BCUT2D eigenvalue weighted by atomic mass is 10.1. The highest BCUT2D eigenvalue weighted by Gasteiger charge is 2.40. The molecule has 3 rings (SSSR count). The molecule has 0 spiro atoms. The molecule has 0 N–H and O–H groups in total. The molecule has 0 aliphatic carbocycles. The third-order valence-electron chi connectivity index (χ3n) is 4.60. The van der Waals surface area contributed by atoms with Crippen LogP contribution >= 0.6 is 11.6 Å². The molecule has 1 aliphatic rings. The van der Waals surface area contributed by atoms with Crippen molar-refractivity contribution >= 4 is 23.4 Å². The largest absolute Gasteiger partial charge is 0.497 e. The molecule has 5 nitrogen and oxygen atoms in total. The predicted octanol–water partition coefficient (Wildman–Crippen LogP) is 3.11. The number of carbonyl (C=O) groups excluding carboxylic acids is 2. The Morgan fingerprint density at radius 3 is 2.31 bits per heavy atom. The first-order chi connectivity index (χ1) is 12.5. The number of methoxy groups -OCH3 is 1. The van der Waals surface area contributed by atoms with Crippen LogP contribution in [0.1, 0.15) is 17.5 Å². The maximum atomic E-state index is 12.7. The number of likely N-dealkylation sites (N-methyl/N-ethyl adjacent to an activating group) is 1. The van der Waals surface area contributed by atoms with E-state index in [0.29, 0.717) is 11.6 Å². The molecule has 2 amide bonds. The average Bonchev–Trinajstić information content (AvgIpc) is 2.92. The Labute approximate surface area is 158 Å². The summed E-state index contributed by atoms with van der Waals surface area (Å²) in [7, 11) is 3.49. The zero-order valence-corrected chi connectivity index (χ0v) is 15.6. The van der Waals surface area contributed by atoms with Crippen molar-refractivity contribution in [1.29, 1.82) is 0 Å². The van der Waals surface area contributed by atoms with Crippen LogP contribution in [0.25, 0.3) is 0 Å². The molecule has 2 aromatic carbocycles. The molecule has 136 valence electrons. The number of hydrogen-bond donors (Lipinski definition) is 0. The van der Waals surface area contributed by atoms with Crippen LogP contribution in [-0.4, -0.2) is 41.8 Å². The zero-order valence-electron chi connectivity index (χ0n) is 14.8. The molecule has 2 aromatic rings. The van der Waals surface area contributed by atoms with Crippen molar-refractivity contribution in [2.24, 2.45) is 0 Å². The lowest BCUT2D eigenvalue weighted by Crippen LogP contribution is -2.39. The Bertz CT molecular complexity index is 790. The van der Waals surface area contributed by atoms with Crippen molar-refractivity contribution < 1.29 is 14.3 Å². The van der Waals surface area contributed by atoms with E-state index < -0.39 is 6.04 Å². The van der Waals surface area contributed by atoms with Gasteiger partial charge in [0, 0.05) is 11.6 Å². The van der Waals surface area contributed by atoms with E-state index in [1.807, 2.05) is 48.3 Å². The molecule has 0 radical (unpaired) electrons. The van der Waals surface area contributed by atoms with Gasteiger partial charge in [0.2, 0.25) is 11.8 Å². The molecule has 0 saturated carbocycles. The van der Waals surface area contributed by atoms with Crippen molar-refractivity contribution in [3.63, 3.8) is 0 Å². The van der Waals surface area contributed by atoms with E-state index in [0.717, 1.165) is 16.9 Å². The number of halogens is 1. The summed E-state index contributed by atoms with van der Waals surface area (Å²) in [6.45, 7) is 0.865. The van der Waals surface area contributed by atoms with E-state index in [4.69, 9.17) is 16.3 Å². The predicted molar refractivity (Wildman–Crippen MR) is 99.9 cm³/mol. The van der Waals surface area contributed by atoms with Crippen LogP contribution in [0.3, 0.4) is 0 Å². The minimum absolute atomic E-state index is 0.142. The fourth-order valence-corrected chi connectivity index (χ4v) is 3.20. The number of nitrogens with zero attached hydrogens (tertiary/aromatic N) is 2. The Balaban J connectivity index is 1.65. The molecule has 1 atom stereocenters. The Hall–Kier alpha value is -2.37. The van der Waals surface area contributed by atoms with Crippen LogP contribution in [-0.2, 0) is 22.7 Å². The second-order valence-corrected chi connectivity index (χ2v) is 6.86. The van der Waals surface area contributed by atoms with Crippen LogP contribution < -0.4 is 4.74 Å². The highest BCUT2D eigenvalue weighted by molar-refractivity contribution is 6.30. The number of ether oxygens (including phenoxy) is 1. The summed E-state index contributed by atoms with van der Waals surface area (Å²) < 4.78 is 5.16. The van der Waals surface area contributed by atoms with Crippen molar-refractivity contribution in [2.75, 3.05) is 14.2 Å². The Kier molecular flexibility index (Phi) is 5.59. The summed E-state index contributed by atoms with van der Waals surface area (Å²) in [6, 6.07) is 14.4. The molecule has 0 bridgehead atoms. The first kappa shape index (κ1) is 18.4. The van der Waals surface area contributed by atoms with Gasteiger partial charge in [-0.15, -0.1) is 0 Å². The Morgan fingerprint density at radius 2 is 1.69 bits per heavy atom. The van der Waals surface area contributed by atoms with Gasteiger partial charge in [-0.3, -0.25) is 19.4 Å². The third kappa shape index (κ3) is 4.06. The summed E-state index contributed by atoms with van der Waals surface area (Å²) in [5, 5.41) is 0.630. The maximum absolute atomic E-state index is 12.7. The molecule has 1 fully saturated rings. The van der Waals surface area contributed by atoms with Crippen LogP contribution in [0.2, 0.25) is 5.02 Å². The van der Waals surface area contributed by atoms with E-state index in [1.54, 1.807) is 19.2 Å².